The highest BCUT2D eigenvalue weighted by molar-refractivity contribution is 5.88. The molecule has 0 bridgehead atoms. The van der Waals surface area contributed by atoms with Gasteiger partial charge in [0.2, 0.25) is 5.91 Å². The van der Waals surface area contributed by atoms with E-state index in [0.717, 1.165) is 22.3 Å². The summed E-state index contributed by atoms with van der Waals surface area (Å²) in [6.45, 7) is 15.8. The Balaban J connectivity index is 1.61. The van der Waals surface area contributed by atoms with Crippen LogP contribution in [0.2, 0.25) is 0 Å². The number of amides is 6. The molecule has 1 aliphatic carbocycles. The number of hydrogen-bond acceptors (Lipinski definition) is 11. The minimum absolute atomic E-state index is 0.0648. The van der Waals surface area contributed by atoms with Gasteiger partial charge in [-0.3, -0.25) is 9.59 Å². The van der Waals surface area contributed by atoms with Crippen LogP contribution in [-0.2, 0) is 38.1 Å². The summed E-state index contributed by atoms with van der Waals surface area (Å²) in [7, 11) is 0. The van der Waals surface area contributed by atoms with Crippen LogP contribution in [0.15, 0.2) is 48.5 Å². The molecule has 63 heavy (non-hydrogen) atoms. The number of hydrogen-bond donors (Lipinski definition) is 6. The Hall–Kier alpha value is -5.87. The van der Waals surface area contributed by atoms with E-state index in [2.05, 4.69) is 26.6 Å². The van der Waals surface area contributed by atoms with E-state index in [1.54, 1.807) is 62.3 Å². The fraction of sp³-hybridized carbons (Fsp3) is 0.587. The van der Waals surface area contributed by atoms with E-state index in [-0.39, 0.29) is 44.8 Å². The van der Waals surface area contributed by atoms with Crippen LogP contribution in [0, 0.1) is 0 Å². The summed E-state index contributed by atoms with van der Waals surface area (Å²) in [5.74, 6) is -2.65. The molecule has 17 heteroatoms. The van der Waals surface area contributed by atoms with Crippen molar-refractivity contribution in [3.05, 3.63) is 59.7 Å². The maximum absolute atomic E-state index is 13.5. The molecule has 3 atom stereocenters. The fourth-order valence-corrected chi connectivity index (χ4v) is 6.80. The molecule has 0 radical (unpaired) electrons. The number of unbranched alkanes of at least 4 members (excludes halogenated alkanes) is 2. The van der Waals surface area contributed by atoms with Crippen LogP contribution < -0.4 is 32.3 Å². The molecule has 2 aromatic carbocycles. The Kier molecular flexibility index (Phi) is 19.2. The van der Waals surface area contributed by atoms with Gasteiger partial charge in [-0.05, 0) is 130 Å². The highest BCUT2D eigenvalue weighted by Gasteiger charge is 2.33. The van der Waals surface area contributed by atoms with E-state index in [1.165, 1.54) is 0 Å². The number of alkyl carbamates (subject to hydrolysis) is 1. The topological polar surface area (TPSA) is 243 Å². The minimum atomic E-state index is -1.24. The number of nitrogens with one attached hydrogen (secondary N) is 5. The van der Waals surface area contributed by atoms with E-state index in [9.17, 15) is 33.6 Å². The number of esters is 3. The van der Waals surface area contributed by atoms with Crippen molar-refractivity contribution in [2.75, 3.05) is 19.7 Å². The monoisotopic (exact) mass is 880 g/mol. The molecule has 0 saturated heterocycles. The summed E-state index contributed by atoms with van der Waals surface area (Å²) in [6, 6.07) is 11.1. The van der Waals surface area contributed by atoms with Crippen LogP contribution in [0.4, 0.5) is 14.4 Å². The molecule has 0 aromatic heterocycles. The van der Waals surface area contributed by atoms with Gasteiger partial charge in [-0.25, -0.2) is 24.0 Å². The number of carbonyl (C=O) groups excluding carboxylic acids is 7. The van der Waals surface area contributed by atoms with Crippen LogP contribution in [0.1, 0.15) is 131 Å². The third kappa shape index (κ3) is 19.0. The Morgan fingerprint density at radius 1 is 0.587 bits per heavy atom. The zero-order valence-corrected chi connectivity index (χ0v) is 38.3. The van der Waals surface area contributed by atoms with Gasteiger partial charge in [0.15, 0.2) is 0 Å². The lowest BCUT2D eigenvalue weighted by Crippen LogP contribution is -2.53. The van der Waals surface area contributed by atoms with E-state index in [1.807, 2.05) is 48.5 Å². The van der Waals surface area contributed by atoms with Crippen molar-refractivity contribution in [2.45, 2.75) is 155 Å². The molecule has 7 N–H and O–H groups in total. The Bertz CT molecular complexity index is 1850. The lowest BCUT2D eigenvalue weighted by atomic mass is 9.98. The molecule has 3 rings (SSSR count). The van der Waals surface area contributed by atoms with Gasteiger partial charge in [0.1, 0.15) is 41.5 Å². The molecule has 0 spiro atoms. The summed E-state index contributed by atoms with van der Waals surface area (Å²) in [6.07, 6.45) is 1.02. The normalized spacial score (nSPS) is 13.8. The van der Waals surface area contributed by atoms with Crippen LogP contribution in [0.5, 0.6) is 0 Å². The molecule has 0 saturated carbocycles. The van der Waals surface area contributed by atoms with Crippen molar-refractivity contribution < 1.29 is 52.5 Å². The number of carbonyl (C=O) groups is 7. The average Bonchev–Trinajstić information content (AvgIpc) is 3.48. The standard InChI is InChI=1S/C46H68N6O11/c1-44(2,3)61-37(53)25-24-36(40(56)63-46(7,8)9)51-42(58)50-35(39(55)62-45(4,5)6)23-15-16-26-48-38(54)34(22-14-17-27-49-41(47)57)52-43(59)60-28-33-31-20-12-10-18-29(31)30-19-11-13-21-32(30)33/h10-13,18-21,33-36H,14-17,22-28H2,1-9H3,(H,48,54)(H,52,59)(H3,47,49,57)(H2,50,51,58)/t34-,35-,36-/m0/s1. The van der Waals surface area contributed by atoms with E-state index >= 15 is 0 Å². The second kappa shape index (κ2) is 23.5. The summed E-state index contributed by atoms with van der Waals surface area (Å²) in [5.41, 5.74) is 6.93. The summed E-state index contributed by atoms with van der Waals surface area (Å²) < 4.78 is 22.1. The summed E-state index contributed by atoms with van der Waals surface area (Å²) in [4.78, 5) is 90.0. The number of benzene rings is 2. The molecule has 6 amide bonds. The molecule has 0 aliphatic heterocycles. The van der Waals surface area contributed by atoms with E-state index in [4.69, 9.17) is 24.7 Å². The van der Waals surface area contributed by atoms with Crippen molar-refractivity contribution in [3.63, 3.8) is 0 Å². The van der Waals surface area contributed by atoms with E-state index < -0.39 is 76.9 Å². The highest BCUT2D eigenvalue weighted by Crippen LogP contribution is 2.44. The van der Waals surface area contributed by atoms with Crippen LogP contribution in [0.25, 0.3) is 11.1 Å². The smallest absolute Gasteiger partial charge is 0.407 e. The highest BCUT2D eigenvalue weighted by atomic mass is 16.6. The lowest BCUT2D eigenvalue weighted by Gasteiger charge is -2.27. The van der Waals surface area contributed by atoms with Crippen LogP contribution in [0.3, 0.4) is 0 Å². The third-order valence-corrected chi connectivity index (χ3v) is 9.44. The maximum atomic E-state index is 13.5. The van der Waals surface area contributed by atoms with Crippen molar-refractivity contribution in [2.24, 2.45) is 5.73 Å². The number of urea groups is 2. The zero-order valence-electron chi connectivity index (χ0n) is 38.3. The van der Waals surface area contributed by atoms with Gasteiger partial charge in [-0.15, -0.1) is 0 Å². The second-order valence-corrected chi connectivity index (χ2v) is 18.5. The fourth-order valence-electron chi connectivity index (χ4n) is 6.80. The summed E-state index contributed by atoms with van der Waals surface area (Å²) in [5, 5.41) is 13.2. The van der Waals surface area contributed by atoms with Gasteiger partial charge in [-0.2, -0.15) is 0 Å². The van der Waals surface area contributed by atoms with Gasteiger partial charge in [0.25, 0.3) is 0 Å². The number of nitrogens with two attached hydrogens (primary N) is 1. The molecule has 2 aromatic rings. The van der Waals surface area contributed by atoms with Crippen LogP contribution >= 0.6 is 0 Å². The molecule has 0 fully saturated rings. The first kappa shape index (κ1) is 51.5. The first-order chi connectivity index (χ1) is 29.4. The Morgan fingerprint density at radius 3 is 1.54 bits per heavy atom. The minimum Gasteiger partial charge on any atom is -0.460 e. The number of rotatable bonds is 21. The molecule has 17 nitrogen and oxygen atoms in total. The quantitative estimate of drug-likeness (QED) is 0.0493. The molecule has 1 aliphatic rings. The number of primary amides is 1. The third-order valence-electron chi connectivity index (χ3n) is 9.44. The van der Waals surface area contributed by atoms with Gasteiger partial charge in [-0.1, -0.05) is 48.5 Å². The van der Waals surface area contributed by atoms with Crippen molar-refractivity contribution in [1.29, 1.82) is 0 Å². The largest absolute Gasteiger partial charge is 0.460 e. The lowest BCUT2D eigenvalue weighted by molar-refractivity contribution is -0.159. The van der Waals surface area contributed by atoms with Gasteiger partial charge < -0.3 is 51.3 Å². The van der Waals surface area contributed by atoms with Crippen molar-refractivity contribution in [1.82, 2.24) is 26.6 Å². The predicted octanol–water partition coefficient (Wildman–Crippen LogP) is 5.86. The maximum Gasteiger partial charge on any atom is 0.407 e. The molecule has 0 heterocycles. The zero-order chi connectivity index (χ0) is 47.0. The molecule has 0 unspecified atom stereocenters. The number of ether oxygens (including phenoxy) is 4. The Morgan fingerprint density at radius 2 is 1.05 bits per heavy atom. The first-order valence-corrected chi connectivity index (χ1v) is 21.6. The van der Waals surface area contributed by atoms with E-state index in [0.29, 0.717) is 32.2 Å². The van der Waals surface area contributed by atoms with Crippen molar-refractivity contribution >= 4 is 42.0 Å². The summed E-state index contributed by atoms with van der Waals surface area (Å²) >= 11 is 0. The number of fused-ring (bicyclic) bond motifs is 3. The Labute approximate surface area is 371 Å². The first-order valence-electron chi connectivity index (χ1n) is 21.6. The van der Waals surface area contributed by atoms with Crippen molar-refractivity contribution in [3.8, 4) is 11.1 Å². The average molecular weight is 881 g/mol. The van der Waals surface area contributed by atoms with Crippen LogP contribution in [-0.4, -0.2) is 96.6 Å². The van der Waals surface area contributed by atoms with Gasteiger partial charge >= 0.3 is 36.1 Å². The molecular formula is C46H68N6O11. The second-order valence-electron chi connectivity index (χ2n) is 18.5. The predicted molar refractivity (Wildman–Crippen MR) is 236 cm³/mol. The molecule has 348 valence electrons. The molecular weight excluding hydrogens is 813 g/mol. The SMILES string of the molecule is CC(C)(C)OC(=O)CC[C@H](NC(=O)N[C@@H](CCCCNC(=O)[C@H](CCCCNC(N)=O)NC(=O)OCC1c2ccccc2-c2ccccc21)C(=O)OC(C)(C)C)C(=O)OC(C)(C)C. The van der Waals surface area contributed by atoms with Gasteiger partial charge in [0, 0.05) is 25.4 Å². The van der Waals surface area contributed by atoms with Gasteiger partial charge in [0.05, 0.1) is 0 Å².